The highest BCUT2D eigenvalue weighted by atomic mass is 19.1. The molecule has 1 N–H and O–H groups in total. The molecule has 1 aromatic rings. The third-order valence-corrected chi connectivity index (χ3v) is 2.58. The molecule has 0 amide bonds. The molecule has 1 aromatic carbocycles. The lowest BCUT2D eigenvalue weighted by Gasteiger charge is -2.16. The third kappa shape index (κ3) is 5.26. The topological polar surface area (TPSA) is 30.5 Å². The van der Waals surface area contributed by atoms with Crippen molar-refractivity contribution in [3.63, 3.8) is 0 Å². The molecule has 1 atom stereocenters. The van der Waals surface area contributed by atoms with E-state index in [4.69, 9.17) is 9.47 Å². The van der Waals surface area contributed by atoms with Crippen LogP contribution in [0.5, 0.6) is 0 Å². The maximum absolute atomic E-state index is 13.4. The maximum atomic E-state index is 13.4. The Kier molecular flexibility index (Phi) is 6.77. The molecule has 0 bridgehead atoms. The number of methoxy groups -OCH3 is 1. The second-order valence-corrected chi connectivity index (χ2v) is 3.85. The van der Waals surface area contributed by atoms with E-state index in [1.807, 2.05) is 13.1 Å². The smallest absolute Gasteiger partial charge is 0.126 e. The van der Waals surface area contributed by atoms with Crippen LogP contribution in [-0.2, 0) is 15.9 Å². The van der Waals surface area contributed by atoms with Crippen molar-refractivity contribution in [1.82, 2.24) is 5.32 Å². The van der Waals surface area contributed by atoms with E-state index in [2.05, 4.69) is 5.32 Å². The molecular formula is C13H20FNO2. The molecule has 0 saturated carbocycles. The Labute approximate surface area is 102 Å². The number of ether oxygens (including phenoxy) is 2. The Morgan fingerprint density at radius 2 is 2.06 bits per heavy atom. The van der Waals surface area contributed by atoms with Crippen molar-refractivity contribution in [3.8, 4) is 0 Å². The van der Waals surface area contributed by atoms with Gasteiger partial charge in [0.05, 0.1) is 19.8 Å². The standard InChI is InChI=1S/C13H20FNO2/c1-15-12(10-17-8-7-16-2)9-11-5-3-4-6-13(11)14/h3-6,12,15H,7-10H2,1-2H3. The Balaban J connectivity index is 2.38. The number of rotatable bonds is 8. The quantitative estimate of drug-likeness (QED) is 0.702. The average Bonchev–Trinajstić information content (AvgIpc) is 2.35. The monoisotopic (exact) mass is 241 g/mol. The highest BCUT2D eigenvalue weighted by Gasteiger charge is 2.10. The molecule has 96 valence electrons. The van der Waals surface area contributed by atoms with E-state index in [1.165, 1.54) is 6.07 Å². The first-order chi connectivity index (χ1) is 8.27. The summed E-state index contributed by atoms with van der Waals surface area (Å²) in [7, 11) is 3.49. The fourth-order valence-electron chi connectivity index (χ4n) is 1.54. The molecule has 0 fully saturated rings. The van der Waals surface area contributed by atoms with Gasteiger partial charge < -0.3 is 14.8 Å². The van der Waals surface area contributed by atoms with Crippen LogP contribution in [0.4, 0.5) is 4.39 Å². The summed E-state index contributed by atoms with van der Waals surface area (Å²) in [5.41, 5.74) is 0.710. The van der Waals surface area contributed by atoms with Crippen LogP contribution in [0.25, 0.3) is 0 Å². The number of nitrogens with one attached hydrogen (secondary N) is 1. The number of halogens is 1. The molecular weight excluding hydrogens is 221 g/mol. The lowest BCUT2D eigenvalue weighted by molar-refractivity contribution is 0.0597. The summed E-state index contributed by atoms with van der Waals surface area (Å²) in [6.45, 7) is 1.69. The third-order valence-electron chi connectivity index (χ3n) is 2.58. The van der Waals surface area contributed by atoms with Crippen LogP contribution in [0.2, 0.25) is 0 Å². The van der Waals surface area contributed by atoms with Gasteiger partial charge in [-0.1, -0.05) is 18.2 Å². The number of hydrogen-bond acceptors (Lipinski definition) is 3. The summed E-state index contributed by atoms with van der Waals surface area (Å²) in [4.78, 5) is 0. The molecule has 3 nitrogen and oxygen atoms in total. The van der Waals surface area contributed by atoms with Crippen LogP contribution in [0.3, 0.4) is 0 Å². The van der Waals surface area contributed by atoms with E-state index in [1.54, 1.807) is 19.2 Å². The lowest BCUT2D eigenvalue weighted by atomic mass is 10.1. The molecule has 0 spiro atoms. The van der Waals surface area contributed by atoms with E-state index in [0.29, 0.717) is 31.8 Å². The fraction of sp³-hybridized carbons (Fsp3) is 0.538. The van der Waals surface area contributed by atoms with E-state index in [-0.39, 0.29) is 11.9 Å². The zero-order valence-corrected chi connectivity index (χ0v) is 10.4. The van der Waals surface area contributed by atoms with Gasteiger partial charge in [0.15, 0.2) is 0 Å². The summed E-state index contributed by atoms with van der Waals surface area (Å²) in [5, 5.41) is 3.12. The van der Waals surface area contributed by atoms with Crippen LogP contribution < -0.4 is 5.32 Å². The zero-order chi connectivity index (χ0) is 12.5. The van der Waals surface area contributed by atoms with E-state index in [0.717, 1.165) is 0 Å². The van der Waals surface area contributed by atoms with Gasteiger partial charge in [-0.15, -0.1) is 0 Å². The van der Waals surface area contributed by atoms with Crippen molar-refractivity contribution in [2.24, 2.45) is 0 Å². The van der Waals surface area contributed by atoms with Gasteiger partial charge in [-0.05, 0) is 25.1 Å². The lowest BCUT2D eigenvalue weighted by Crippen LogP contribution is -2.33. The summed E-state index contributed by atoms with van der Waals surface area (Å²) >= 11 is 0. The van der Waals surface area contributed by atoms with Crippen LogP contribution in [0, 0.1) is 5.82 Å². The van der Waals surface area contributed by atoms with Crippen molar-refractivity contribution in [2.45, 2.75) is 12.5 Å². The molecule has 0 heterocycles. The van der Waals surface area contributed by atoms with Crippen LogP contribution in [0.1, 0.15) is 5.56 Å². The average molecular weight is 241 g/mol. The summed E-state index contributed by atoms with van der Waals surface area (Å²) in [5.74, 6) is -0.162. The highest BCUT2D eigenvalue weighted by molar-refractivity contribution is 5.18. The summed E-state index contributed by atoms with van der Waals surface area (Å²) < 4.78 is 23.8. The van der Waals surface area contributed by atoms with Gasteiger partial charge in [0, 0.05) is 13.2 Å². The predicted molar refractivity (Wildman–Crippen MR) is 65.6 cm³/mol. The minimum Gasteiger partial charge on any atom is -0.382 e. The van der Waals surface area contributed by atoms with Crippen molar-refractivity contribution < 1.29 is 13.9 Å². The van der Waals surface area contributed by atoms with E-state index < -0.39 is 0 Å². The second kappa shape index (κ2) is 8.17. The van der Waals surface area contributed by atoms with Gasteiger partial charge in [0.1, 0.15) is 5.82 Å². The first kappa shape index (κ1) is 14.1. The predicted octanol–water partition coefficient (Wildman–Crippen LogP) is 1.62. The number of benzene rings is 1. The molecule has 0 saturated heterocycles. The molecule has 1 unspecified atom stereocenters. The minimum absolute atomic E-state index is 0.115. The SMILES string of the molecule is CNC(COCCOC)Cc1ccccc1F. The molecule has 4 heteroatoms. The van der Waals surface area contributed by atoms with Crippen molar-refractivity contribution in [2.75, 3.05) is 34.0 Å². The van der Waals surface area contributed by atoms with Gasteiger partial charge in [0.25, 0.3) is 0 Å². The second-order valence-electron chi connectivity index (χ2n) is 3.85. The summed E-state index contributed by atoms with van der Waals surface area (Å²) in [6.07, 6.45) is 0.621. The molecule has 17 heavy (non-hydrogen) atoms. The molecule has 0 aliphatic carbocycles. The number of likely N-dealkylation sites (N-methyl/N-ethyl adjacent to an activating group) is 1. The van der Waals surface area contributed by atoms with Crippen LogP contribution in [-0.4, -0.2) is 40.0 Å². The molecule has 0 aliphatic rings. The normalized spacial score (nSPS) is 12.6. The van der Waals surface area contributed by atoms with Crippen molar-refractivity contribution >= 4 is 0 Å². The molecule has 0 radical (unpaired) electrons. The van der Waals surface area contributed by atoms with Crippen molar-refractivity contribution in [1.29, 1.82) is 0 Å². The Hall–Kier alpha value is -0.970. The van der Waals surface area contributed by atoms with Gasteiger partial charge in [0.2, 0.25) is 0 Å². The highest BCUT2D eigenvalue weighted by Crippen LogP contribution is 2.09. The van der Waals surface area contributed by atoms with Gasteiger partial charge >= 0.3 is 0 Å². The summed E-state index contributed by atoms with van der Waals surface area (Å²) in [6, 6.07) is 6.94. The largest absolute Gasteiger partial charge is 0.382 e. The van der Waals surface area contributed by atoms with Gasteiger partial charge in [-0.25, -0.2) is 4.39 Å². The van der Waals surface area contributed by atoms with E-state index in [9.17, 15) is 4.39 Å². The molecule has 0 aliphatic heterocycles. The molecule has 0 aromatic heterocycles. The van der Waals surface area contributed by atoms with E-state index >= 15 is 0 Å². The van der Waals surface area contributed by atoms with Crippen LogP contribution >= 0.6 is 0 Å². The number of hydrogen-bond donors (Lipinski definition) is 1. The Bertz CT molecular complexity index is 320. The van der Waals surface area contributed by atoms with Gasteiger partial charge in [-0.3, -0.25) is 0 Å². The first-order valence-electron chi connectivity index (χ1n) is 5.75. The Morgan fingerprint density at radius 1 is 1.29 bits per heavy atom. The molecule has 1 rings (SSSR count). The minimum atomic E-state index is -0.162. The Morgan fingerprint density at radius 3 is 2.71 bits per heavy atom. The van der Waals surface area contributed by atoms with Gasteiger partial charge in [-0.2, -0.15) is 0 Å². The maximum Gasteiger partial charge on any atom is 0.126 e. The van der Waals surface area contributed by atoms with Crippen molar-refractivity contribution in [3.05, 3.63) is 35.6 Å². The first-order valence-corrected chi connectivity index (χ1v) is 5.75. The van der Waals surface area contributed by atoms with Crippen LogP contribution in [0.15, 0.2) is 24.3 Å². The fourth-order valence-corrected chi connectivity index (χ4v) is 1.54. The zero-order valence-electron chi connectivity index (χ0n) is 10.4.